The zero-order valence-electron chi connectivity index (χ0n) is 16.1. The maximum absolute atomic E-state index is 13.4. The van der Waals surface area contributed by atoms with Gasteiger partial charge in [0, 0.05) is 26.2 Å². The summed E-state index contributed by atoms with van der Waals surface area (Å²) in [6.45, 7) is 2.93. The van der Waals surface area contributed by atoms with Gasteiger partial charge in [0.05, 0.1) is 11.5 Å². The molecule has 0 saturated carbocycles. The van der Waals surface area contributed by atoms with Gasteiger partial charge in [0.15, 0.2) is 18.1 Å². The Morgan fingerprint density at radius 2 is 1.66 bits per heavy atom. The topological polar surface area (TPSA) is 76.2 Å². The molecule has 1 aliphatic rings. The van der Waals surface area contributed by atoms with Crippen LogP contribution >= 0.6 is 0 Å². The summed E-state index contributed by atoms with van der Waals surface area (Å²) in [7, 11) is -3.79. The summed E-state index contributed by atoms with van der Waals surface area (Å²) >= 11 is 0. The van der Waals surface area contributed by atoms with Crippen molar-refractivity contribution < 1.29 is 27.1 Å². The molecule has 1 heterocycles. The lowest BCUT2D eigenvalue weighted by Gasteiger charge is -2.34. The predicted octanol–water partition coefficient (Wildman–Crippen LogP) is 2.14. The van der Waals surface area contributed by atoms with Crippen molar-refractivity contribution in [1.29, 1.82) is 0 Å². The van der Waals surface area contributed by atoms with Gasteiger partial charge in [0.1, 0.15) is 5.82 Å². The Hall–Kier alpha value is -2.65. The normalized spacial score (nSPS) is 15.2. The van der Waals surface area contributed by atoms with E-state index in [1.54, 1.807) is 23.1 Å². The van der Waals surface area contributed by atoms with Crippen molar-refractivity contribution in [1.82, 2.24) is 9.21 Å². The molecule has 9 heteroatoms. The fraction of sp³-hybridized carbons (Fsp3) is 0.350. The van der Waals surface area contributed by atoms with E-state index < -0.39 is 15.8 Å². The molecule has 0 atom stereocenters. The third-order valence-electron chi connectivity index (χ3n) is 4.53. The Bertz CT molecular complexity index is 959. The number of para-hydroxylation sites is 2. The summed E-state index contributed by atoms with van der Waals surface area (Å²) < 4.78 is 51.0. The van der Waals surface area contributed by atoms with Crippen LogP contribution in [0.3, 0.4) is 0 Å². The minimum atomic E-state index is -3.79. The first-order chi connectivity index (χ1) is 13.9. The van der Waals surface area contributed by atoms with Crippen LogP contribution < -0.4 is 9.47 Å². The van der Waals surface area contributed by atoms with E-state index in [-0.39, 0.29) is 43.6 Å². The van der Waals surface area contributed by atoms with Crippen LogP contribution in [0.25, 0.3) is 0 Å². The molecule has 0 spiro atoms. The van der Waals surface area contributed by atoms with Crippen LogP contribution in [0, 0.1) is 5.82 Å². The Kier molecular flexibility index (Phi) is 6.71. The second-order valence-electron chi connectivity index (χ2n) is 6.41. The highest BCUT2D eigenvalue weighted by Gasteiger charge is 2.30. The van der Waals surface area contributed by atoms with Crippen LogP contribution in [-0.2, 0) is 14.8 Å². The summed E-state index contributed by atoms with van der Waals surface area (Å²) in [6.07, 6.45) is 0. The van der Waals surface area contributed by atoms with Crippen molar-refractivity contribution in [3.63, 3.8) is 0 Å². The molecule has 0 N–H and O–H groups in total. The van der Waals surface area contributed by atoms with E-state index in [1.807, 2.05) is 13.0 Å². The van der Waals surface area contributed by atoms with Gasteiger partial charge in [-0.15, -0.1) is 0 Å². The maximum Gasteiger partial charge on any atom is 0.260 e. The lowest BCUT2D eigenvalue weighted by molar-refractivity contribution is -0.134. The van der Waals surface area contributed by atoms with Crippen molar-refractivity contribution in [3.8, 4) is 11.5 Å². The first-order valence-electron chi connectivity index (χ1n) is 9.30. The summed E-state index contributed by atoms with van der Waals surface area (Å²) in [5.41, 5.74) is 0. The van der Waals surface area contributed by atoms with E-state index in [9.17, 15) is 17.6 Å². The van der Waals surface area contributed by atoms with Crippen LogP contribution in [0.4, 0.5) is 4.39 Å². The van der Waals surface area contributed by atoms with Gasteiger partial charge in [-0.3, -0.25) is 4.79 Å². The second-order valence-corrected chi connectivity index (χ2v) is 8.35. The van der Waals surface area contributed by atoms with E-state index in [2.05, 4.69) is 0 Å². The predicted molar refractivity (Wildman–Crippen MR) is 105 cm³/mol. The van der Waals surface area contributed by atoms with Gasteiger partial charge in [-0.25, -0.2) is 12.8 Å². The van der Waals surface area contributed by atoms with E-state index in [0.29, 0.717) is 18.1 Å². The summed E-state index contributed by atoms with van der Waals surface area (Å²) in [6, 6.07) is 12.0. The smallest absolute Gasteiger partial charge is 0.260 e. The quantitative estimate of drug-likeness (QED) is 0.683. The molecule has 1 saturated heterocycles. The Morgan fingerprint density at radius 1 is 1.00 bits per heavy atom. The van der Waals surface area contributed by atoms with E-state index in [0.717, 1.165) is 6.07 Å². The molecule has 0 aliphatic carbocycles. The molecule has 1 amide bonds. The molecular formula is C20H23FN2O5S. The van der Waals surface area contributed by atoms with Crippen LogP contribution in [0.2, 0.25) is 0 Å². The lowest BCUT2D eigenvalue weighted by Crippen LogP contribution is -2.51. The maximum atomic E-state index is 13.4. The highest BCUT2D eigenvalue weighted by molar-refractivity contribution is 7.89. The first kappa shape index (κ1) is 21.1. The van der Waals surface area contributed by atoms with Crippen LogP contribution in [0.5, 0.6) is 11.5 Å². The molecule has 0 aromatic heterocycles. The number of carbonyl (C=O) groups excluding carboxylic acids is 1. The van der Waals surface area contributed by atoms with E-state index >= 15 is 0 Å². The minimum Gasteiger partial charge on any atom is -0.490 e. The molecule has 156 valence electrons. The Morgan fingerprint density at radius 3 is 2.28 bits per heavy atom. The van der Waals surface area contributed by atoms with Gasteiger partial charge < -0.3 is 14.4 Å². The molecule has 2 aromatic rings. The molecule has 2 aromatic carbocycles. The third-order valence-corrected chi connectivity index (χ3v) is 6.42. The summed E-state index contributed by atoms with van der Waals surface area (Å²) in [5, 5.41) is 0. The monoisotopic (exact) mass is 422 g/mol. The number of benzene rings is 2. The van der Waals surface area contributed by atoms with Crippen LogP contribution in [0.15, 0.2) is 53.4 Å². The number of amides is 1. The zero-order valence-corrected chi connectivity index (χ0v) is 16.9. The highest BCUT2D eigenvalue weighted by Crippen LogP contribution is 2.26. The number of rotatable bonds is 7. The number of hydrogen-bond donors (Lipinski definition) is 0. The molecular weight excluding hydrogens is 399 g/mol. The molecule has 0 radical (unpaired) electrons. The molecule has 3 rings (SSSR count). The number of sulfonamides is 1. The first-order valence-corrected chi connectivity index (χ1v) is 10.7. The second kappa shape index (κ2) is 9.23. The van der Waals surface area contributed by atoms with Gasteiger partial charge in [-0.2, -0.15) is 4.31 Å². The van der Waals surface area contributed by atoms with E-state index in [1.165, 1.54) is 22.5 Å². The average molecular weight is 422 g/mol. The molecule has 1 aliphatic heterocycles. The number of hydrogen-bond acceptors (Lipinski definition) is 5. The number of ether oxygens (including phenoxy) is 2. The largest absolute Gasteiger partial charge is 0.490 e. The number of carbonyl (C=O) groups is 1. The molecule has 0 unspecified atom stereocenters. The fourth-order valence-electron chi connectivity index (χ4n) is 3.03. The van der Waals surface area contributed by atoms with Gasteiger partial charge in [-0.05, 0) is 37.3 Å². The lowest BCUT2D eigenvalue weighted by atomic mass is 10.3. The SMILES string of the molecule is CCOc1ccccc1OCC(=O)N1CCN(S(=O)(=O)c2cccc(F)c2)CC1. The average Bonchev–Trinajstić information content (AvgIpc) is 2.73. The number of halogens is 1. The molecule has 29 heavy (non-hydrogen) atoms. The molecule has 0 bridgehead atoms. The summed E-state index contributed by atoms with van der Waals surface area (Å²) in [5.74, 6) is 0.201. The number of piperazine rings is 1. The summed E-state index contributed by atoms with van der Waals surface area (Å²) in [4.78, 5) is 13.9. The van der Waals surface area contributed by atoms with Crippen LogP contribution in [0.1, 0.15) is 6.92 Å². The van der Waals surface area contributed by atoms with Crippen molar-refractivity contribution >= 4 is 15.9 Å². The van der Waals surface area contributed by atoms with Gasteiger partial charge in [0.25, 0.3) is 5.91 Å². The molecule has 7 nitrogen and oxygen atoms in total. The zero-order chi connectivity index (χ0) is 20.9. The molecule has 1 fully saturated rings. The van der Waals surface area contributed by atoms with Gasteiger partial charge >= 0.3 is 0 Å². The third kappa shape index (κ3) is 5.04. The van der Waals surface area contributed by atoms with Crippen molar-refractivity contribution in [2.75, 3.05) is 39.4 Å². The van der Waals surface area contributed by atoms with Crippen molar-refractivity contribution in [2.24, 2.45) is 0 Å². The van der Waals surface area contributed by atoms with Gasteiger partial charge in [0.2, 0.25) is 10.0 Å². The number of nitrogens with zero attached hydrogens (tertiary/aromatic N) is 2. The van der Waals surface area contributed by atoms with E-state index in [4.69, 9.17) is 9.47 Å². The Balaban J connectivity index is 1.56. The fourth-order valence-corrected chi connectivity index (χ4v) is 4.48. The van der Waals surface area contributed by atoms with Crippen molar-refractivity contribution in [2.45, 2.75) is 11.8 Å². The van der Waals surface area contributed by atoms with Gasteiger partial charge in [-0.1, -0.05) is 18.2 Å². The minimum absolute atomic E-state index is 0.0897. The highest BCUT2D eigenvalue weighted by atomic mass is 32.2. The van der Waals surface area contributed by atoms with Crippen molar-refractivity contribution in [3.05, 3.63) is 54.3 Å². The van der Waals surface area contributed by atoms with Crippen LogP contribution in [-0.4, -0.2) is 62.9 Å². The standard InChI is InChI=1S/C20H23FN2O5S/c1-2-27-18-8-3-4-9-19(18)28-15-20(24)22-10-12-23(13-11-22)29(25,26)17-7-5-6-16(21)14-17/h3-9,14H,2,10-13,15H2,1H3. The Labute approximate surface area is 169 Å².